The average molecular weight is 214 g/mol. The molecule has 2 aliphatic rings. The number of ether oxygens (including phenoxy) is 2. The van der Waals surface area contributed by atoms with Crippen LogP contribution in [-0.4, -0.2) is 31.1 Å². The zero-order valence-electron chi connectivity index (χ0n) is 8.44. The van der Waals surface area contributed by atoms with E-state index in [0.29, 0.717) is 13.0 Å². The number of esters is 1. The first kappa shape index (κ1) is 10.6. The van der Waals surface area contributed by atoms with Crippen LogP contribution in [0, 0.1) is 0 Å². The van der Waals surface area contributed by atoms with E-state index < -0.39 is 11.8 Å². The third-order valence-corrected chi connectivity index (χ3v) is 2.52. The van der Waals surface area contributed by atoms with Crippen LogP contribution in [0.1, 0.15) is 19.3 Å². The first-order chi connectivity index (χ1) is 7.24. The van der Waals surface area contributed by atoms with Crippen molar-refractivity contribution in [3.63, 3.8) is 0 Å². The van der Waals surface area contributed by atoms with Crippen molar-refractivity contribution in [3.8, 4) is 0 Å². The molecule has 2 unspecified atom stereocenters. The normalized spacial score (nSPS) is 34.5. The van der Waals surface area contributed by atoms with Crippen LogP contribution in [0.25, 0.3) is 0 Å². The molecule has 0 aromatic carbocycles. The summed E-state index contributed by atoms with van der Waals surface area (Å²) in [4.78, 5) is 21.0. The summed E-state index contributed by atoms with van der Waals surface area (Å²) in [6, 6.07) is 0. The SMILES string of the molecule is C=CC(=O)OCC1CC2(CCCO2)OO1. The molecule has 2 atom stereocenters. The molecule has 0 bridgehead atoms. The van der Waals surface area contributed by atoms with Crippen molar-refractivity contribution in [2.24, 2.45) is 0 Å². The van der Waals surface area contributed by atoms with Crippen LogP contribution in [0.4, 0.5) is 0 Å². The highest BCUT2D eigenvalue weighted by Gasteiger charge is 2.46. The van der Waals surface area contributed by atoms with Gasteiger partial charge in [-0.25, -0.2) is 14.6 Å². The largest absolute Gasteiger partial charge is 0.460 e. The van der Waals surface area contributed by atoms with E-state index >= 15 is 0 Å². The number of hydrogen-bond acceptors (Lipinski definition) is 5. The smallest absolute Gasteiger partial charge is 0.330 e. The van der Waals surface area contributed by atoms with Crippen LogP contribution in [0.5, 0.6) is 0 Å². The van der Waals surface area contributed by atoms with Gasteiger partial charge in [0.15, 0.2) is 0 Å². The quantitative estimate of drug-likeness (QED) is 0.397. The summed E-state index contributed by atoms with van der Waals surface area (Å²) in [5.74, 6) is -1.04. The van der Waals surface area contributed by atoms with Crippen LogP contribution in [-0.2, 0) is 24.0 Å². The number of hydrogen-bond donors (Lipinski definition) is 0. The van der Waals surface area contributed by atoms with Gasteiger partial charge in [-0.15, -0.1) is 0 Å². The van der Waals surface area contributed by atoms with Gasteiger partial charge in [0.2, 0.25) is 5.79 Å². The molecule has 0 aliphatic carbocycles. The molecule has 84 valence electrons. The Morgan fingerprint density at radius 3 is 3.20 bits per heavy atom. The molecule has 2 aliphatic heterocycles. The summed E-state index contributed by atoms with van der Waals surface area (Å²) in [5.41, 5.74) is 0. The maximum absolute atomic E-state index is 10.8. The first-order valence-corrected chi connectivity index (χ1v) is 5.02. The topological polar surface area (TPSA) is 54.0 Å². The fourth-order valence-electron chi connectivity index (χ4n) is 1.79. The maximum atomic E-state index is 10.8. The first-order valence-electron chi connectivity index (χ1n) is 5.02. The van der Waals surface area contributed by atoms with Crippen molar-refractivity contribution < 1.29 is 24.0 Å². The van der Waals surface area contributed by atoms with E-state index in [1.165, 1.54) is 0 Å². The van der Waals surface area contributed by atoms with Crippen LogP contribution < -0.4 is 0 Å². The van der Waals surface area contributed by atoms with Gasteiger partial charge in [0.25, 0.3) is 0 Å². The summed E-state index contributed by atoms with van der Waals surface area (Å²) in [7, 11) is 0. The molecule has 1 spiro atoms. The van der Waals surface area contributed by atoms with E-state index in [2.05, 4.69) is 6.58 Å². The minimum absolute atomic E-state index is 0.177. The van der Waals surface area contributed by atoms with Crippen molar-refractivity contribution in [2.75, 3.05) is 13.2 Å². The van der Waals surface area contributed by atoms with Gasteiger partial charge in [-0.05, 0) is 6.42 Å². The number of rotatable bonds is 3. The monoisotopic (exact) mass is 214 g/mol. The molecule has 0 amide bonds. The molecular formula is C10H14O5. The Hall–Kier alpha value is -0.910. The minimum Gasteiger partial charge on any atom is -0.460 e. The highest BCUT2D eigenvalue weighted by Crippen LogP contribution is 2.37. The van der Waals surface area contributed by atoms with E-state index in [1.54, 1.807) is 0 Å². The second kappa shape index (κ2) is 4.30. The van der Waals surface area contributed by atoms with Gasteiger partial charge in [0.1, 0.15) is 12.7 Å². The lowest BCUT2D eigenvalue weighted by molar-refractivity contribution is -0.379. The van der Waals surface area contributed by atoms with E-state index in [1.807, 2.05) is 0 Å². The second-order valence-corrected chi connectivity index (χ2v) is 3.70. The Bertz CT molecular complexity index is 257. The predicted octanol–water partition coefficient (Wildman–Crippen LogP) is 0.943. The van der Waals surface area contributed by atoms with E-state index in [9.17, 15) is 4.79 Å². The van der Waals surface area contributed by atoms with Gasteiger partial charge >= 0.3 is 5.97 Å². The van der Waals surface area contributed by atoms with E-state index in [4.69, 9.17) is 19.2 Å². The predicted molar refractivity (Wildman–Crippen MR) is 49.6 cm³/mol. The lowest BCUT2D eigenvalue weighted by Gasteiger charge is -2.17. The molecule has 2 saturated heterocycles. The molecule has 5 heteroatoms. The zero-order valence-corrected chi connectivity index (χ0v) is 8.44. The van der Waals surface area contributed by atoms with Gasteiger partial charge in [-0.3, -0.25) is 0 Å². The molecule has 5 nitrogen and oxygen atoms in total. The highest BCUT2D eigenvalue weighted by molar-refractivity contribution is 5.81. The molecule has 2 rings (SSSR count). The van der Waals surface area contributed by atoms with Crippen LogP contribution >= 0.6 is 0 Å². The van der Waals surface area contributed by atoms with Crippen molar-refractivity contribution in [1.82, 2.24) is 0 Å². The Morgan fingerprint density at radius 2 is 2.53 bits per heavy atom. The Balaban J connectivity index is 1.77. The fourth-order valence-corrected chi connectivity index (χ4v) is 1.79. The van der Waals surface area contributed by atoms with Crippen molar-refractivity contribution in [1.29, 1.82) is 0 Å². The van der Waals surface area contributed by atoms with Gasteiger partial charge < -0.3 is 9.47 Å². The molecule has 0 aromatic rings. The summed E-state index contributed by atoms with van der Waals surface area (Å²) < 4.78 is 10.3. The van der Waals surface area contributed by atoms with Crippen LogP contribution in [0.2, 0.25) is 0 Å². The fraction of sp³-hybridized carbons (Fsp3) is 0.700. The molecule has 0 saturated carbocycles. The summed E-state index contributed by atoms with van der Waals surface area (Å²) in [6.45, 7) is 4.18. The molecular weight excluding hydrogens is 200 g/mol. The van der Waals surface area contributed by atoms with E-state index in [-0.39, 0.29) is 12.7 Å². The third kappa shape index (κ3) is 2.37. The molecule has 0 N–H and O–H groups in total. The highest BCUT2D eigenvalue weighted by atomic mass is 17.2. The van der Waals surface area contributed by atoms with Gasteiger partial charge in [-0.2, -0.15) is 0 Å². The number of carbonyl (C=O) groups excluding carboxylic acids is 1. The summed E-state index contributed by atoms with van der Waals surface area (Å²) >= 11 is 0. The number of carbonyl (C=O) groups is 1. The lowest BCUT2D eigenvalue weighted by atomic mass is 10.1. The average Bonchev–Trinajstić information content (AvgIpc) is 2.86. The van der Waals surface area contributed by atoms with Crippen LogP contribution in [0.3, 0.4) is 0 Å². The molecule has 15 heavy (non-hydrogen) atoms. The summed E-state index contributed by atoms with van der Waals surface area (Å²) in [5, 5.41) is 0. The standard InChI is InChI=1S/C10H14O5/c1-2-9(11)12-7-8-6-10(15-14-8)4-3-5-13-10/h2,8H,1,3-7H2. The summed E-state index contributed by atoms with van der Waals surface area (Å²) in [6.07, 6.45) is 3.29. The molecule has 2 heterocycles. The Morgan fingerprint density at radius 1 is 1.67 bits per heavy atom. The Labute approximate surface area is 87.9 Å². The van der Waals surface area contributed by atoms with Gasteiger partial charge in [0, 0.05) is 18.9 Å². The maximum Gasteiger partial charge on any atom is 0.330 e. The second-order valence-electron chi connectivity index (χ2n) is 3.70. The van der Waals surface area contributed by atoms with Gasteiger partial charge in [0.05, 0.1) is 6.61 Å². The zero-order chi connectivity index (χ0) is 10.7. The lowest BCUT2D eigenvalue weighted by Crippen LogP contribution is -2.27. The van der Waals surface area contributed by atoms with Crippen molar-refractivity contribution >= 4 is 5.97 Å². The molecule has 0 radical (unpaired) electrons. The molecule has 2 fully saturated rings. The Kier molecular flexibility index (Phi) is 3.04. The van der Waals surface area contributed by atoms with Gasteiger partial charge in [-0.1, -0.05) is 6.58 Å². The third-order valence-electron chi connectivity index (χ3n) is 2.52. The van der Waals surface area contributed by atoms with Crippen molar-refractivity contribution in [3.05, 3.63) is 12.7 Å². The molecule has 0 aromatic heterocycles. The van der Waals surface area contributed by atoms with Crippen molar-refractivity contribution in [2.45, 2.75) is 31.2 Å². The minimum atomic E-state index is -0.592. The van der Waals surface area contributed by atoms with Crippen LogP contribution in [0.15, 0.2) is 12.7 Å². The van der Waals surface area contributed by atoms with E-state index in [0.717, 1.165) is 18.9 Å².